The lowest BCUT2D eigenvalue weighted by atomic mass is 10.0. The van der Waals surface area contributed by atoms with Crippen molar-refractivity contribution in [2.24, 2.45) is 0 Å². The van der Waals surface area contributed by atoms with Crippen molar-refractivity contribution in [1.82, 2.24) is 10.2 Å². The van der Waals surface area contributed by atoms with E-state index in [1.54, 1.807) is 35.2 Å². The molecule has 0 unspecified atom stereocenters. The predicted octanol–water partition coefficient (Wildman–Crippen LogP) is 2.73. The monoisotopic (exact) mass is 362 g/mol. The lowest BCUT2D eigenvalue weighted by Crippen LogP contribution is -2.47. The molecule has 0 spiro atoms. The Hall–Kier alpha value is -2.47. The molecule has 7 heteroatoms. The maximum absolute atomic E-state index is 12.2. The zero-order valence-corrected chi connectivity index (χ0v) is 14.4. The number of benzene rings is 1. The summed E-state index contributed by atoms with van der Waals surface area (Å²) in [6, 6.07) is 8.62. The Morgan fingerprint density at radius 3 is 2.76 bits per heavy atom. The van der Waals surface area contributed by atoms with E-state index in [4.69, 9.17) is 20.8 Å². The third-order valence-electron chi connectivity index (χ3n) is 4.08. The second-order valence-corrected chi connectivity index (χ2v) is 6.33. The fourth-order valence-electron chi connectivity index (χ4n) is 2.77. The van der Waals surface area contributed by atoms with Crippen LogP contribution < -0.4 is 10.1 Å². The molecule has 0 bridgehead atoms. The molecule has 2 amide bonds. The van der Waals surface area contributed by atoms with Crippen LogP contribution in [0.5, 0.6) is 5.75 Å². The highest BCUT2D eigenvalue weighted by atomic mass is 35.5. The van der Waals surface area contributed by atoms with Gasteiger partial charge in [0, 0.05) is 24.2 Å². The Labute approximate surface area is 150 Å². The Bertz CT molecular complexity index is 724. The van der Waals surface area contributed by atoms with Crippen molar-refractivity contribution in [3.63, 3.8) is 0 Å². The summed E-state index contributed by atoms with van der Waals surface area (Å²) in [5.74, 6) is 0.339. The van der Waals surface area contributed by atoms with E-state index < -0.39 is 0 Å². The Balaban J connectivity index is 1.41. The largest absolute Gasteiger partial charge is 0.484 e. The molecule has 1 aliphatic rings. The average molecular weight is 363 g/mol. The standard InChI is InChI=1S/C18H19ClN2O4/c19-14-2-1-3-16(10-14)25-12-17(22)20-15-4-7-21(8-5-15)18(23)13-6-9-24-11-13/h1-3,6,9-11,15H,4-5,7-8,12H2,(H,20,22). The number of nitrogens with zero attached hydrogens (tertiary/aromatic N) is 1. The van der Waals surface area contributed by atoms with Crippen LogP contribution in [0.25, 0.3) is 0 Å². The van der Waals surface area contributed by atoms with Crippen LogP contribution in [0.1, 0.15) is 23.2 Å². The molecule has 2 aromatic rings. The molecule has 1 N–H and O–H groups in total. The number of furan rings is 1. The fraction of sp³-hybridized carbons (Fsp3) is 0.333. The number of likely N-dealkylation sites (tertiary alicyclic amines) is 1. The molecule has 132 valence electrons. The summed E-state index contributed by atoms with van der Waals surface area (Å²) in [6.07, 6.45) is 4.36. The van der Waals surface area contributed by atoms with Gasteiger partial charge in [-0.25, -0.2) is 0 Å². The van der Waals surface area contributed by atoms with Crippen LogP contribution in [0.3, 0.4) is 0 Å². The Morgan fingerprint density at radius 1 is 1.28 bits per heavy atom. The lowest BCUT2D eigenvalue weighted by molar-refractivity contribution is -0.124. The lowest BCUT2D eigenvalue weighted by Gasteiger charge is -2.32. The second kappa shape index (κ2) is 8.07. The first kappa shape index (κ1) is 17.4. The first-order chi connectivity index (χ1) is 12.1. The van der Waals surface area contributed by atoms with E-state index >= 15 is 0 Å². The summed E-state index contributed by atoms with van der Waals surface area (Å²) in [5.41, 5.74) is 0.553. The van der Waals surface area contributed by atoms with Crippen LogP contribution in [-0.4, -0.2) is 42.5 Å². The second-order valence-electron chi connectivity index (χ2n) is 5.89. The number of carbonyl (C=O) groups excluding carboxylic acids is 2. The van der Waals surface area contributed by atoms with Gasteiger partial charge in [0.1, 0.15) is 12.0 Å². The number of halogens is 1. The van der Waals surface area contributed by atoms with Gasteiger partial charge in [-0.1, -0.05) is 17.7 Å². The minimum atomic E-state index is -0.181. The van der Waals surface area contributed by atoms with Crippen molar-refractivity contribution in [3.05, 3.63) is 53.4 Å². The number of carbonyl (C=O) groups is 2. The Kier molecular flexibility index (Phi) is 5.60. The van der Waals surface area contributed by atoms with Crippen molar-refractivity contribution in [1.29, 1.82) is 0 Å². The molecule has 25 heavy (non-hydrogen) atoms. The van der Waals surface area contributed by atoms with Crippen LogP contribution in [0, 0.1) is 0 Å². The van der Waals surface area contributed by atoms with Gasteiger partial charge in [-0.05, 0) is 37.1 Å². The van der Waals surface area contributed by atoms with Gasteiger partial charge in [0.2, 0.25) is 0 Å². The molecule has 0 radical (unpaired) electrons. The molecular weight excluding hydrogens is 344 g/mol. The highest BCUT2D eigenvalue weighted by Gasteiger charge is 2.25. The van der Waals surface area contributed by atoms with E-state index in [0.29, 0.717) is 42.3 Å². The maximum atomic E-state index is 12.2. The molecule has 3 rings (SSSR count). The molecule has 1 fully saturated rings. The molecule has 1 aromatic carbocycles. The van der Waals surface area contributed by atoms with Gasteiger partial charge in [-0.3, -0.25) is 9.59 Å². The van der Waals surface area contributed by atoms with E-state index in [1.807, 2.05) is 0 Å². The summed E-state index contributed by atoms with van der Waals surface area (Å²) in [7, 11) is 0. The fourth-order valence-corrected chi connectivity index (χ4v) is 2.95. The van der Waals surface area contributed by atoms with Gasteiger partial charge in [0.05, 0.1) is 11.8 Å². The highest BCUT2D eigenvalue weighted by molar-refractivity contribution is 6.30. The van der Waals surface area contributed by atoms with Crippen molar-refractivity contribution in [2.75, 3.05) is 19.7 Å². The molecule has 1 saturated heterocycles. The Morgan fingerprint density at radius 2 is 2.08 bits per heavy atom. The van der Waals surface area contributed by atoms with Crippen molar-refractivity contribution in [2.45, 2.75) is 18.9 Å². The number of nitrogens with one attached hydrogen (secondary N) is 1. The smallest absolute Gasteiger partial charge is 0.258 e. The van der Waals surface area contributed by atoms with Crippen molar-refractivity contribution in [3.8, 4) is 5.75 Å². The van der Waals surface area contributed by atoms with Crippen LogP contribution in [-0.2, 0) is 4.79 Å². The minimum Gasteiger partial charge on any atom is -0.484 e. The third kappa shape index (κ3) is 4.76. The number of hydrogen-bond acceptors (Lipinski definition) is 4. The normalized spacial score (nSPS) is 15.0. The average Bonchev–Trinajstić information content (AvgIpc) is 3.15. The highest BCUT2D eigenvalue weighted by Crippen LogP contribution is 2.17. The van der Waals surface area contributed by atoms with Crippen LogP contribution in [0.2, 0.25) is 5.02 Å². The van der Waals surface area contributed by atoms with Gasteiger partial charge in [0.25, 0.3) is 11.8 Å². The molecule has 1 aliphatic heterocycles. The molecule has 0 saturated carbocycles. The quantitative estimate of drug-likeness (QED) is 0.887. The van der Waals surface area contributed by atoms with Gasteiger partial charge >= 0.3 is 0 Å². The molecule has 6 nitrogen and oxygen atoms in total. The zero-order chi connectivity index (χ0) is 17.6. The van der Waals surface area contributed by atoms with E-state index in [2.05, 4.69) is 5.32 Å². The molecule has 1 aromatic heterocycles. The topological polar surface area (TPSA) is 71.8 Å². The van der Waals surface area contributed by atoms with Crippen LogP contribution in [0.15, 0.2) is 47.3 Å². The van der Waals surface area contributed by atoms with E-state index in [9.17, 15) is 9.59 Å². The minimum absolute atomic E-state index is 0.0391. The van der Waals surface area contributed by atoms with Crippen LogP contribution in [0.4, 0.5) is 0 Å². The van der Waals surface area contributed by atoms with E-state index in [-0.39, 0.29) is 24.5 Å². The number of rotatable bonds is 5. The predicted molar refractivity (Wildman–Crippen MR) is 92.7 cm³/mol. The van der Waals surface area contributed by atoms with E-state index in [0.717, 1.165) is 0 Å². The molecule has 0 atom stereocenters. The van der Waals surface area contributed by atoms with Crippen LogP contribution >= 0.6 is 11.6 Å². The van der Waals surface area contributed by atoms with Gasteiger partial charge in [-0.2, -0.15) is 0 Å². The third-order valence-corrected chi connectivity index (χ3v) is 4.32. The van der Waals surface area contributed by atoms with Gasteiger partial charge < -0.3 is 19.4 Å². The SMILES string of the molecule is O=C(COc1cccc(Cl)c1)NC1CCN(C(=O)c2ccoc2)CC1. The first-order valence-corrected chi connectivity index (χ1v) is 8.49. The van der Waals surface area contributed by atoms with Gasteiger partial charge in [0.15, 0.2) is 6.61 Å². The number of piperidine rings is 1. The summed E-state index contributed by atoms with van der Waals surface area (Å²) in [6.45, 7) is 1.14. The summed E-state index contributed by atoms with van der Waals surface area (Å²) in [5, 5.41) is 3.51. The van der Waals surface area contributed by atoms with Crippen molar-refractivity contribution >= 4 is 23.4 Å². The van der Waals surface area contributed by atoms with Gasteiger partial charge in [-0.15, -0.1) is 0 Å². The number of ether oxygens (including phenoxy) is 1. The zero-order valence-electron chi connectivity index (χ0n) is 13.6. The molecule has 0 aliphatic carbocycles. The first-order valence-electron chi connectivity index (χ1n) is 8.11. The number of amides is 2. The molecule has 2 heterocycles. The summed E-state index contributed by atoms with van der Waals surface area (Å²) >= 11 is 5.87. The van der Waals surface area contributed by atoms with Crippen molar-refractivity contribution < 1.29 is 18.7 Å². The van der Waals surface area contributed by atoms with E-state index in [1.165, 1.54) is 12.5 Å². The number of hydrogen-bond donors (Lipinski definition) is 1. The summed E-state index contributed by atoms with van der Waals surface area (Å²) < 4.78 is 10.4. The summed E-state index contributed by atoms with van der Waals surface area (Å²) in [4.78, 5) is 26.0. The maximum Gasteiger partial charge on any atom is 0.258 e. The molecular formula is C18H19ClN2O4.